The van der Waals surface area contributed by atoms with Crippen LogP contribution in [0.3, 0.4) is 0 Å². The molecule has 94 valence electrons. The van der Waals surface area contributed by atoms with Gasteiger partial charge >= 0.3 is 0 Å². The first-order chi connectivity index (χ1) is 7.79. The van der Waals surface area contributed by atoms with Crippen LogP contribution in [-0.2, 0) is 4.79 Å². The Kier molecular flexibility index (Phi) is 5.25. The molecule has 1 atom stereocenters. The smallest absolute Gasteiger partial charge is 0.241 e. The minimum atomic E-state index is -0.0498. The highest BCUT2D eigenvalue weighted by Gasteiger charge is 2.21. The summed E-state index contributed by atoms with van der Waals surface area (Å²) in [5.41, 5.74) is 0.776. The summed E-state index contributed by atoms with van der Waals surface area (Å²) in [4.78, 5) is 11.8. The molecule has 0 radical (unpaired) electrons. The van der Waals surface area contributed by atoms with Gasteiger partial charge in [-0.1, -0.05) is 6.07 Å². The lowest BCUT2D eigenvalue weighted by atomic mass is 10.2. The van der Waals surface area contributed by atoms with E-state index in [2.05, 4.69) is 10.6 Å². The number of hydrogen-bond donors (Lipinski definition) is 2. The summed E-state index contributed by atoms with van der Waals surface area (Å²) in [6.07, 6.45) is 1.98. The van der Waals surface area contributed by atoms with E-state index in [1.54, 1.807) is 7.11 Å². The number of halogens is 1. The molecule has 0 spiro atoms. The van der Waals surface area contributed by atoms with E-state index >= 15 is 0 Å². The second-order valence-electron chi connectivity index (χ2n) is 3.87. The number of nitrogens with one attached hydrogen (secondary N) is 2. The van der Waals surface area contributed by atoms with Gasteiger partial charge in [-0.15, -0.1) is 12.4 Å². The molecule has 1 aromatic rings. The molecule has 2 rings (SSSR count). The maximum Gasteiger partial charge on any atom is 0.241 e. The molecule has 0 unspecified atom stereocenters. The van der Waals surface area contributed by atoms with Gasteiger partial charge in [0.15, 0.2) is 0 Å². The van der Waals surface area contributed by atoms with Crippen molar-refractivity contribution in [1.82, 2.24) is 5.32 Å². The molecular formula is C12H17ClN2O2. The maximum atomic E-state index is 11.8. The number of anilines is 1. The number of ether oxygens (including phenoxy) is 1. The Morgan fingerprint density at radius 2 is 2.35 bits per heavy atom. The topological polar surface area (TPSA) is 50.4 Å². The van der Waals surface area contributed by atoms with Crippen molar-refractivity contribution in [1.29, 1.82) is 0 Å². The predicted molar refractivity (Wildman–Crippen MR) is 69.9 cm³/mol. The summed E-state index contributed by atoms with van der Waals surface area (Å²) in [6.45, 7) is 0.927. The first kappa shape index (κ1) is 13.8. The molecule has 0 bridgehead atoms. The quantitative estimate of drug-likeness (QED) is 0.867. The van der Waals surface area contributed by atoms with E-state index in [9.17, 15) is 4.79 Å². The monoisotopic (exact) mass is 256 g/mol. The van der Waals surface area contributed by atoms with Gasteiger partial charge in [-0.05, 0) is 31.5 Å². The summed E-state index contributed by atoms with van der Waals surface area (Å²) in [5, 5.41) is 6.04. The standard InChI is InChI=1S/C12H16N2O2.ClH/c1-16-10-5-2-4-9(8-10)14-12(15)11-6-3-7-13-11;/h2,4-5,8,11,13H,3,6-7H2,1H3,(H,14,15);1H/t11-;/m0./s1. The summed E-state index contributed by atoms with van der Waals surface area (Å²) in [5.74, 6) is 0.780. The van der Waals surface area contributed by atoms with Gasteiger partial charge in [0.1, 0.15) is 5.75 Å². The largest absolute Gasteiger partial charge is 0.497 e. The second-order valence-corrected chi connectivity index (χ2v) is 3.87. The zero-order valence-corrected chi connectivity index (χ0v) is 10.5. The highest BCUT2D eigenvalue weighted by Crippen LogP contribution is 2.17. The van der Waals surface area contributed by atoms with Crippen LogP contribution in [0.25, 0.3) is 0 Å². The fraction of sp³-hybridized carbons (Fsp3) is 0.417. The van der Waals surface area contributed by atoms with Crippen LogP contribution in [-0.4, -0.2) is 25.6 Å². The number of methoxy groups -OCH3 is 1. The number of rotatable bonds is 3. The highest BCUT2D eigenvalue weighted by molar-refractivity contribution is 5.95. The zero-order chi connectivity index (χ0) is 11.4. The van der Waals surface area contributed by atoms with E-state index < -0.39 is 0 Å². The van der Waals surface area contributed by atoms with Crippen molar-refractivity contribution in [2.24, 2.45) is 0 Å². The Balaban J connectivity index is 0.00000144. The van der Waals surface area contributed by atoms with E-state index in [0.717, 1.165) is 30.8 Å². The third-order valence-electron chi connectivity index (χ3n) is 2.71. The minimum absolute atomic E-state index is 0. The number of hydrogen-bond acceptors (Lipinski definition) is 3. The number of carbonyl (C=O) groups excluding carboxylic acids is 1. The van der Waals surface area contributed by atoms with Crippen molar-refractivity contribution in [3.63, 3.8) is 0 Å². The normalized spacial score (nSPS) is 18.3. The maximum absolute atomic E-state index is 11.8. The molecule has 1 saturated heterocycles. The minimum Gasteiger partial charge on any atom is -0.497 e. The van der Waals surface area contributed by atoms with Gasteiger partial charge in [-0.2, -0.15) is 0 Å². The van der Waals surface area contributed by atoms with Gasteiger partial charge in [-0.3, -0.25) is 4.79 Å². The SMILES string of the molecule is COc1cccc(NC(=O)[C@@H]2CCCN2)c1.Cl. The number of benzene rings is 1. The van der Waals surface area contributed by atoms with E-state index in [1.165, 1.54) is 0 Å². The van der Waals surface area contributed by atoms with Gasteiger partial charge in [0.05, 0.1) is 13.2 Å². The van der Waals surface area contributed by atoms with Crippen molar-refractivity contribution in [3.05, 3.63) is 24.3 Å². The van der Waals surface area contributed by atoms with Crippen LogP contribution >= 0.6 is 12.4 Å². The van der Waals surface area contributed by atoms with E-state index in [-0.39, 0.29) is 24.4 Å². The van der Waals surface area contributed by atoms with Crippen molar-refractivity contribution in [2.45, 2.75) is 18.9 Å². The Hall–Kier alpha value is -1.26. The molecule has 1 amide bonds. The van der Waals surface area contributed by atoms with Gasteiger partial charge in [0.2, 0.25) is 5.91 Å². The zero-order valence-electron chi connectivity index (χ0n) is 9.73. The molecule has 1 aromatic carbocycles. The van der Waals surface area contributed by atoms with Crippen molar-refractivity contribution >= 4 is 24.0 Å². The molecule has 1 fully saturated rings. The van der Waals surface area contributed by atoms with Crippen LogP contribution in [0.15, 0.2) is 24.3 Å². The molecule has 0 saturated carbocycles. The van der Waals surface area contributed by atoms with Crippen molar-refractivity contribution < 1.29 is 9.53 Å². The molecule has 2 N–H and O–H groups in total. The van der Waals surface area contributed by atoms with Gasteiger partial charge < -0.3 is 15.4 Å². The molecule has 4 nitrogen and oxygen atoms in total. The lowest BCUT2D eigenvalue weighted by Crippen LogP contribution is -2.35. The lowest BCUT2D eigenvalue weighted by molar-refractivity contribution is -0.117. The molecule has 0 aliphatic carbocycles. The Morgan fingerprint density at radius 1 is 1.53 bits per heavy atom. The molecule has 5 heteroatoms. The Bertz CT molecular complexity index is 379. The van der Waals surface area contributed by atoms with Gasteiger partial charge in [0.25, 0.3) is 0 Å². The summed E-state index contributed by atoms with van der Waals surface area (Å²) in [7, 11) is 1.61. The number of carbonyl (C=O) groups is 1. The fourth-order valence-electron chi connectivity index (χ4n) is 1.84. The fourth-order valence-corrected chi connectivity index (χ4v) is 1.84. The van der Waals surface area contributed by atoms with Crippen LogP contribution in [0.1, 0.15) is 12.8 Å². The second kappa shape index (κ2) is 6.47. The van der Waals surface area contributed by atoms with Crippen molar-refractivity contribution in [3.8, 4) is 5.75 Å². The molecule has 0 aromatic heterocycles. The molecule has 1 aliphatic heterocycles. The van der Waals surface area contributed by atoms with E-state index in [0.29, 0.717) is 0 Å². The summed E-state index contributed by atoms with van der Waals surface area (Å²) in [6, 6.07) is 7.33. The highest BCUT2D eigenvalue weighted by atomic mass is 35.5. The average Bonchev–Trinajstić information content (AvgIpc) is 2.83. The predicted octanol–water partition coefficient (Wildman–Crippen LogP) is 1.81. The first-order valence-corrected chi connectivity index (χ1v) is 5.48. The van der Waals surface area contributed by atoms with Crippen LogP contribution in [0.5, 0.6) is 5.75 Å². The van der Waals surface area contributed by atoms with Gasteiger partial charge in [0, 0.05) is 11.8 Å². The molecular weight excluding hydrogens is 240 g/mol. The first-order valence-electron chi connectivity index (χ1n) is 5.48. The van der Waals surface area contributed by atoms with Crippen LogP contribution in [0, 0.1) is 0 Å². The lowest BCUT2D eigenvalue weighted by Gasteiger charge is -2.11. The molecule has 1 aliphatic rings. The summed E-state index contributed by atoms with van der Waals surface area (Å²) < 4.78 is 5.09. The third kappa shape index (κ3) is 3.61. The van der Waals surface area contributed by atoms with E-state index in [4.69, 9.17) is 4.74 Å². The number of amides is 1. The van der Waals surface area contributed by atoms with Crippen LogP contribution in [0.4, 0.5) is 5.69 Å². The Labute approximate surface area is 107 Å². The van der Waals surface area contributed by atoms with E-state index in [1.807, 2.05) is 24.3 Å². The van der Waals surface area contributed by atoms with Gasteiger partial charge in [-0.25, -0.2) is 0 Å². The molecule has 17 heavy (non-hydrogen) atoms. The third-order valence-corrected chi connectivity index (χ3v) is 2.71. The molecule has 1 heterocycles. The summed E-state index contributed by atoms with van der Waals surface area (Å²) >= 11 is 0. The van der Waals surface area contributed by atoms with Crippen LogP contribution in [0.2, 0.25) is 0 Å². The average molecular weight is 257 g/mol. The Morgan fingerprint density at radius 3 is 3.00 bits per heavy atom. The van der Waals surface area contributed by atoms with Crippen LogP contribution < -0.4 is 15.4 Å². The van der Waals surface area contributed by atoms with Crippen molar-refractivity contribution in [2.75, 3.05) is 19.0 Å².